The maximum atomic E-state index is 9.02. The molecule has 60 valence electrons. The van der Waals surface area contributed by atoms with Crippen LogP contribution in [0.15, 0.2) is 24.5 Å². The summed E-state index contributed by atoms with van der Waals surface area (Å²) in [5.74, 6) is 0. The molecule has 3 nitrogen and oxygen atoms in total. The SMILES string of the molecule is COC(C)c1ccc[n+](O)c1. The second kappa shape index (κ2) is 3.34. The van der Waals surface area contributed by atoms with Gasteiger partial charge in [0.15, 0.2) is 0 Å². The number of rotatable bonds is 2. The first-order chi connectivity index (χ1) is 5.24. The van der Waals surface area contributed by atoms with Crippen LogP contribution in [0.4, 0.5) is 0 Å². The van der Waals surface area contributed by atoms with Crippen molar-refractivity contribution in [2.75, 3.05) is 7.11 Å². The second-order valence-electron chi connectivity index (χ2n) is 2.40. The van der Waals surface area contributed by atoms with Crippen LogP contribution in [-0.4, -0.2) is 12.3 Å². The van der Waals surface area contributed by atoms with Crippen LogP contribution in [0.3, 0.4) is 0 Å². The second-order valence-corrected chi connectivity index (χ2v) is 2.40. The molecule has 0 aliphatic heterocycles. The highest BCUT2D eigenvalue weighted by Crippen LogP contribution is 2.11. The van der Waals surface area contributed by atoms with E-state index >= 15 is 0 Å². The van der Waals surface area contributed by atoms with Crippen molar-refractivity contribution in [3.05, 3.63) is 30.1 Å². The summed E-state index contributed by atoms with van der Waals surface area (Å²) in [5, 5.41) is 9.02. The Hall–Kier alpha value is -1.09. The molecule has 0 saturated heterocycles. The van der Waals surface area contributed by atoms with E-state index in [1.807, 2.05) is 13.0 Å². The minimum Gasteiger partial charge on any atom is -0.377 e. The van der Waals surface area contributed by atoms with E-state index in [0.717, 1.165) is 10.3 Å². The molecule has 1 atom stereocenters. The van der Waals surface area contributed by atoms with Crippen LogP contribution in [0.1, 0.15) is 18.6 Å². The van der Waals surface area contributed by atoms with Gasteiger partial charge in [0.05, 0.1) is 6.10 Å². The van der Waals surface area contributed by atoms with Crippen LogP contribution in [0, 0.1) is 0 Å². The molecule has 0 bridgehead atoms. The highest BCUT2D eigenvalue weighted by molar-refractivity contribution is 5.07. The lowest BCUT2D eigenvalue weighted by Gasteiger charge is -2.05. The molecule has 0 fully saturated rings. The van der Waals surface area contributed by atoms with Crippen LogP contribution in [0.5, 0.6) is 0 Å². The zero-order valence-corrected chi connectivity index (χ0v) is 6.69. The third-order valence-corrected chi connectivity index (χ3v) is 1.63. The van der Waals surface area contributed by atoms with Crippen molar-refractivity contribution in [3.8, 4) is 0 Å². The number of aromatic nitrogens is 1. The largest absolute Gasteiger partial charge is 0.377 e. The van der Waals surface area contributed by atoms with Gasteiger partial charge in [-0.05, 0) is 13.0 Å². The molecule has 0 spiro atoms. The summed E-state index contributed by atoms with van der Waals surface area (Å²) in [6.07, 6.45) is 3.20. The predicted octanol–water partition coefficient (Wildman–Crippen LogP) is 0.919. The highest BCUT2D eigenvalue weighted by atomic mass is 16.5. The van der Waals surface area contributed by atoms with Gasteiger partial charge in [0, 0.05) is 23.5 Å². The lowest BCUT2D eigenvalue weighted by Crippen LogP contribution is -2.29. The molecule has 3 heteroatoms. The molecular weight excluding hydrogens is 142 g/mol. The van der Waals surface area contributed by atoms with E-state index in [2.05, 4.69) is 0 Å². The summed E-state index contributed by atoms with van der Waals surface area (Å²) in [4.78, 5) is 0. The van der Waals surface area contributed by atoms with E-state index in [1.54, 1.807) is 25.6 Å². The molecule has 0 aliphatic rings. The third-order valence-electron chi connectivity index (χ3n) is 1.63. The zero-order chi connectivity index (χ0) is 8.27. The summed E-state index contributed by atoms with van der Waals surface area (Å²) in [5.41, 5.74) is 0.956. The number of methoxy groups -OCH3 is 1. The van der Waals surface area contributed by atoms with Crippen molar-refractivity contribution in [2.45, 2.75) is 13.0 Å². The smallest absolute Gasteiger partial charge is 0.228 e. The molecule has 1 aromatic heterocycles. The molecule has 0 aliphatic carbocycles. The van der Waals surface area contributed by atoms with E-state index in [-0.39, 0.29) is 6.10 Å². The quantitative estimate of drug-likeness (QED) is 0.507. The van der Waals surface area contributed by atoms with Gasteiger partial charge in [-0.25, -0.2) is 0 Å². The fraction of sp³-hybridized carbons (Fsp3) is 0.375. The summed E-state index contributed by atoms with van der Waals surface area (Å²) in [6, 6.07) is 3.67. The summed E-state index contributed by atoms with van der Waals surface area (Å²) >= 11 is 0. The molecule has 0 saturated carbocycles. The van der Waals surface area contributed by atoms with Crippen molar-refractivity contribution in [1.82, 2.24) is 0 Å². The monoisotopic (exact) mass is 154 g/mol. The van der Waals surface area contributed by atoms with E-state index in [1.165, 1.54) is 0 Å². The van der Waals surface area contributed by atoms with Crippen LogP contribution >= 0.6 is 0 Å². The first-order valence-electron chi connectivity index (χ1n) is 3.47. The van der Waals surface area contributed by atoms with E-state index < -0.39 is 0 Å². The van der Waals surface area contributed by atoms with Crippen molar-refractivity contribution < 1.29 is 14.7 Å². The van der Waals surface area contributed by atoms with Crippen molar-refractivity contribution in [1.29, 1.82) is 0 Å². The first-order valence-corrected chi connectivity index (χ1v) is 3.47. The molecule has 1 unspecified atom stereocenters. The fourth-order valence-electron chi connectivity index (χ4n) is 0.858. The maximum absolute atomic E-state index is 9.02. The predicted molar refractivity (Wildman–Crippen MR) is 39.2 cm³/mol. The van der Waals surface area contributed by atoms with Gasteiger partial charge in [-0.2, -0.15) is 0 Å². The standard InChI is InChI=1S/C8H12NO2/c1-7(11-2)8-4-3-5-9(10)6-8/h3-7,10H,1-2H3/q+1. The van der Waals surface area contributed by atoms with E-state index in [4.69, 9.17) is 9.94 Å². The Balaban J connectivity index is 2.86. The van der Waals surface area contributed by atoms with Gasteiger partial charge >= 0.3 is 0 Å². The molecular formula is C8H12NO2+. The molecule has 0 amide bonds. The Bertz CT molecular complexity index is 237. The normalized spacial score (nSPS) is 12.9. The number of hydrogen-bond acceptors (Lipinski definition) is 2. The Morgan fingerprint density at radius 2 is 2.36 bits per heavy atom. The topological polar surface area (TPSA) is 33.3 Å². The number of pyridine rings is 1. The molecule has 1 aromatic rings. The number of ether oxygens (including phenoxy) is 1. The number of nitrogens with zero attached hydrogens (tertiary/aromatic N) is 1. The van der Waals surface area contributed by atoms with E-state index in [0.29, 0.717) is 0 Å². The summed E-state index contributed by atoms with van der Waals surface area (Å²) in [6.45, 7) is 1.93. The summed E-state index contributed by atoms with van der Waals surface area (Å²) < 4.78 is 6.09. The van der Waals surface area contributed by atoms with Gasteiger partial charge in [-0.3, -0.25) is 5.21 Å². The van der Waals surface area contributed by atoms with Gasteiger partial charge in [0.2, 0.25) is 12.4 Å². The van der Waals surface area contributed by atoms with Crippen LogP contribution in [-0.2, 0) is 4.74 Å². The van der Waals surface area contributed by atoms with E-state index in [9.17, 15) is 0 Å². The fourth-order valence-corrected chi connectivity index (χ4v) is 0.858. The molecule has 1 N–H and O–H groups in total. The first kappa shape index (κ1) is 8.01. The highest BCUT2D eigenvalue weighted by Gasteiger charge is 2.07. The Labute approximate surface area is 65.8 Å². The summed E-state index contributed by atoms with van der Waals surface area (Å²) in [7, 11) is 1.64. The zero-order valence-electron chi connectivity index (χ0n) is 6.69. The molecule has 11 heavy (non-hydrogen) atoms. The maximum Gasteiger partial charge on any atom is 0.228 e. The average molecular weight is 154 g/mol. The molecule has 0 radical (unpaired) electrons. The number of hydrogen-bond donors (Lipinski definition) is 1. The Morgan fingerprint density at radius 1 is 1.64 bits per heavy atom. The van der Waals surface area contributed by atoms with Crippen molar-refractivity contribution >= 4 is 0 Å². The molecule has 1 rings (SSSR count). The minimum atomic E-state index is 0.0228. The van der Waals surface area contributed by atoms with Gasteiger partial charge in [0.1, 0.15) is 0 Å². The Morgan fingerprint density at radius 3 is 2.91 bits per heavy atom. The lowest BCUT2D eigenvalue weighted by molar-refractivity contribution is -0.905. The lowest BCUT2D eigenvalue weighted by atomic mass is 10.2. The van der Waals surface area contributed by atoms with Crippen molar-refractivity contribution in [3.63, 3.8) is 0 Å². The Kier molecular flexibility index (Phi) is 2.44. The van der Waals surface area contributed by atoms with Crippen molar-refractivity contribution in [2.24, 2.45) is 0 Å². The van der Waals surface area contributed by atoms with Crippen LogP contribution in [0.25, 0.3) is 0 Å². The van der Waals surface area contributed by atoms with Crippen LogP contribution in [0.2, 0.25) is 0 Å². The van der Waals surface area contributed by atoms with Gasteiger partial charge < -0.3 is 4.74 Å². The third kappa shape index (κ3) is 1.91. The van der Waals surface area contributed by atoms with Gasteiger partial charge in [-0.1, -0.05) is 0 Å². The van der Waals surface area contributed by atoms with Crippen LogP contribution < -0.4 is 4.73 Å². The van der Waals surface area contributed by atoms with Gasteiger partial charge in [0.25, 0.3) is 0 Å². The minimum absolute atomic E-state index is 0.0228. The molecule has 0 aromatic carbocycles. The average Bonchev–Trinajstić information content (AvgIpc) is 2.03. The van der Waals surface area contributed by atoms with Gasteiger partial charge in [-0.15, -0.1) is 0 Å². The molecule has 1 heterocycles.